The molecule has 2 rings (SSSR count). The minimum absolute atomic E-state index is 0.111. The fourth-order valence-electron chi connectivity index (χ4n) is 2.51. The zero-order valence-electron chi connectivity index (χ0n) is 11.7. The second kappa shape index (κ2) is 5.37. The van der Waals surface area contributed by atoms with Crippen LogP contribution in [0.25, 0.3) is 0 Å². The van der Waals surface area contributed by atoms with E-state index in [9.17, 15) is 5.11 Å². The Hall–Kier alpha value is -0.930. The summed E-state index contributed by atoms with van der Waals surface area (Å²) in [4.78, 5) is 6.91. The summed E-state index contributed by atoms with van der Waals surface area (Å²) in [7, 11) is 0. The largest absolute Gasteiger partial charge is 0.395 e. The summed E-state index contributed by atoms with van der Waals surface area (Å²) in [5, 5.41) is 9.31. The monoisotopic (exact) mass is 248 g/mol. The van der Waals surface area contributed by atoms with Crippen molar-refractivity contribution in [3.05, 3.63) is 29.6 Å². The van der Waals surface area contributed by atoms with E-state index in [2.05, 4.69) is 42.8 Å². The van der Waals surface area contributed by atoms with Crippen LogP contribution >= 0.6 is 0 Å². The molecule has 3 heteroatoms. The average Bonchev–Trinajstić information content (AvgIpc) is 2.76. The zero-order valence-corrected chi connectivity index (χ0v) is 11.7. The highest BCUT2D eigenvalue weighted by Crippen LogP contribution is 2.22. The third-order valence-corrected chi connectivity index (χ3v) is 3.69. The lowest BCUT2D eigenvalue weighted by atomic mass is 9.91. The van der Waals surface area contributed by atoms with Crippen molar-refractivity contribution in [3.8, 4) is 0 Å². The summed E-state index contributed by atoms with van der Waals surface area (Å²) >= 11 is 0. The highest BCUT2D eigenvalue weighted by molar-refractivity contribution is 5.19. The molecule has 0 aromatic carbocycles. The Morgan fingerprint density at radius 2 is 2.17 bits per heavy atom. The summed E-state index contributed by atoms with van der Waals surface area (Å²) in [6, 6.07) is 4.63. The highest BCUT2D eigenvalue weighted by atomic mass is 16.3. The van der Waals surface area contributed by atoms with Crippen LogP contribution in [0, 0.1) is 0 Å². The first kappa shape index (κ1) is 13.5. The Bertz CT molecular complexity index is 380. The van der Waals surface area contributed by atoms with Gasteiger partial charge < -0.3 is 5.11 Å². The van der Waals surface area contributed by atoms with E-state index in [0.29, 0.717) is 6.04 Å². The van der Waals surface area contributed by atoms with Gasteiger partial charge in [-0.15, -0.1) is 0 Å². The van der Waals surface area contributed by atoms with Crippen LogP contribution in [0.1, 0.15) is 44.9 Å². The lowest BCUT2D eigenvalue weighted by molar-refractivity contribution is 0.153. The van der Waals surface area contributed by atoms with Crippen molar-refractivity contribution in [1.29, 1.82) is 0 Å². The van der Waals surface area contributed by atoms with Crippen molar-refractivity contribution in [2.75, 3.05) is 13.2 Å². The molecule has 1 fully saturated rings. The van der Waals surface area contributed by atoms with Gasteiger partial charge in [0.05, 0.1) is 6.61 Å². The van der Waals surface area contributed by atoms with Crippen LogP contribution < -0.4 is 0 Å². The van der Waals surface area contributed by atoms with E-state index in [1.807, 2.05) is 6.20 Å². The first-order valence-corrected chi connectivity index (χ1v) is 6.81. The first-order chi connectivity index (χ1) is 8.50. The molecule has 3 nitrogen and oxygen atoms in total. The van der Waals surface area contributed by atoms with Gasteiger partial charge in [-0.25, -0.2) is 0 Å². The Labute approximate surface area is 110 Å². The molecule has 0 saturated carbocycles. The number of nitrogens with zero attached hydrogens (tertiary/aromatic N) is 2. The van der Waals surface area contributed by atoms with Crippen molar-refractivity contribution in [2.24, 2.45) is 0 Å². The summed E-state index contributed by atoms with van der Waals surface area (Å²) in [5.74, 6) is 0. The smallest absolute Gasteiger partial charge is 0.0587 e. The molecule has 1 N–H and O–H groups in total. The molecule has 2 heterocycles. The molecule has 18 heavy (non-hydrogen) atoms. The van der Waals surface area contributed by atoms with E-state index in [4.69, 9.17) is 0 Å². The number of hydrogen-bond acceptors (Lipinski definition) is 3. The fraction of sp³-hybridized carbons (Fsp3) is 0.667. The minimum atomic E-state index is 0.111. The van der Waals surface area contributed by atoms with Crippen molar-refractivity contribution in [2.45, 2.75) is 51.6 Å². The molecule has 0 amide bonds. The molecular weight excluding hydrogens is 224 g/mol. The lowest BCUT2D eigenvalue weighted by Gasteiger charge is -2.23. The average molecular weight is 248 g/mol. The van der Waals surface area contributed by atoms with Gasteiger partial charge >= 0.3 is 0 Å². The van der Waals surface area contributed by atoms with E-state index >= 15 is 0 Å². The molecule has 1 aromatic rings. The third-order valence-electron chi connectivity index (χ3n) is 3.69. The van der Waals surface area contributed by atoms with Gasteiger partial charge in [-0.3, -0.25) is 9.88 Å². The van der Waals surface area contributed by atoms with Crippen LogP contribution in [0.3, 0.4) is 0 Å². The summed E-state index contributed by atoms with van der Waals surface area (Å²) in [6.07, 6.45) is 4.29. The van der Waals surface area contributed by atoms with Gasteiger partial charge in [0, 0.05) is 29.9 Å². The zero-order chi connectivity index (χ0) is 13.2. The Morgan fingerprint density at radius 3 is 2.72 bits per heavy atom. The summed E-state index contributed by atoms with van der Waals surface area (Å²) in [5.41, 5.74) is 2.48. The Kier molecular flexibility index (Phi) is 4.03. The minimum Gasteiger partial charge on any atom is -0.395 e. The van der Waals surface area contributed by atoms with E-state index in [1.54, 1.807) is 0 Å². The maximum absolute atomic E-state index is 9.31. The first-order valence-electron chi connectivity index (χ1n) is 6.81. The highest BCUT2D eigenvalue weighted by Gasteiger charge is 2.23. The number of aliphatic hydroxyl groups is 1. The summed E-state index contributed by atoms with van der Waals surface area (Å²) in [6.45, 7) is 8.80. The van der Waals surface area contributed by atoms with Crippen molar-refractivity contribution < 1.29 is 5.11 Å². The number of aliphatic hydroxyl groups excluding tert-OH is 1. The SMILES string of the molecule is CC(C)(C)c1ccc(CN2CCC[C@H]2CO)cn1. The van der Waals surface area contributed by atoms with E-state index in [-0.39, 0.29) is 12.0 Å². The maximum atomic E-state index is 9.31. The van der Waals surface area contributed by atoms with Gasteiger partial charge in [0.25, 0.3) is 0 Å². The predicted octanol–water partition coefficient (Wildman–Crippen LogP) is 2.34. The molecule has 1 aliphatic rings. The molecule has 0 spiro atoms. The number of likely N-dealkylation sites (tertiary alicyclic amines) is 1. The van der Waals surface area contributed by atoms with Crippen LogP contribution in [0.2, 0.25) is 0 Å². The van der Waals surface area contributed by atoms with E-state index in [1.165, 1.54) is 12.0 Å². The maximum Gasteiger partial charge on any atom is 0.0587 e. The Balaban J connectivity index is 2.02. The lowest BCUT2D eigenvalue weighted by Crippen LogP contribution is -2.31. The van der Waals surface area contributed by atoms with Crippen LogP contribution in [-0.4, -0.2) is 34.2 Å². The molecule has 0 unspecified atom stereocenters. The topological polar surface area (TPSA) is 36.4 Å². The van der Waals surface area contributed by atoms with Gasteiger partial charge in [-0.2, -0.15) is 0 Å². The molecule has 100 valence electrons. The van der Waals surface area contributed by atoms with Crippen molar-refractivity contribution in [3.63, 3.8) is 0 Å². The van der Waals surface area contributed by atoms with Crippen molar-refractivity contribution >= 4 is 0 Å². The number of hydrogen-bond donors (Lipinski definition) is 1. The van der Waals surface area contributed by atoms with Gasteiger partial charge in [0.15, 0.2) is 0 Å². The number of aromatic nitrogens is 1. The summed E-state index contributed by atoms with van der Waals surface area (Å²) < 4.78 is 0. The quantitative estimate of drug-likeness (QED) is 0.892. The van der Waals surface area contributed by atoms with Crippen molar-refractivity contribution in [1.82, 2.24) is 9.88 Å². The molecule has 1 atom stereocenters. The fourth-order valence-corrected chi connectivity index (χ4v) is 2.51. The molecule has 0 bridgehead atoms. The molecule has 0 aliphatic carbocycles. The third kappa shape index (κ3) is 3.09. The van der Waals surface area contributed by atoms with E-state index < -0.39 is 0 Å². The second-order valence-corrected chi connectivity index (χ2v) is 6.25. The molecular formula is C15H24N2O. The molecule has 1 aromatic heterocycles. The van der Waals surface area contributed by atoms with E-state index in [0.717, 1.165) is 25.2 Å². The van der Waals surface area contributed by atoms with Gasteiger partial charge in [0.2, 0.25) is 0 Å². The second-order valence-electron chi connectivity index (χ2n) is 6.25. The standard InChI is InChI=1S/C15H24N2O/c1-15(2,3)14-7-6-12(9-16-14)10-17-8-4-5-13(17)11-18/h6-7,9,13,18H,4-5,8,10-11H2,1-3H3/t13-/m0/s1. The number of pyridine rings is 1. The van der Waals surface area contributed by atoms with Gasteiger partial charge in [-0.1, -0.05) is 26.8 Å². The molecule has 1 aliphatic heterocycles. The molecule has 1 saturated heterocycles. The van der Waals surface area contributed by atoms with Crippen LogP contribution in [-0.2, 0) is 12.0 Å². The molecule has 0 radical (unpaired) electrons. The predicted molar refractivity (Wildman–Crippen MR) is 73.5 cm³/mol. The van der Waals surface area contributed by atoms with Gasteiger partial charge in [-0.05, 0) is 31.0 Å². The van der Waals surface area contributed by atoms with Crippen LogP contribution in [0.5, 0.6) is 0 Å². The van der Waals surface area contributed by atoms with Crippen LogP contribution in [0.15, 0.2) is 18.3 Å². The van der Waals surface area contributed by atoms with Crippen LogP contribution in [0.4, 0.5) is 0 Å². The normalized spacial score (nSPS) is 21.4. The number of rotatable bonds is 3. The van der Waals surface area contributed by atoms with Gasteiger partial charge in [0.1, 0.15) is 0 Å². The Morgan fingerprint density at radius 1 is 1.39 bits per heavy atom.